The maximum atomic E-state index is 9.58. The molecule has 0 aromatic carbocycles. The summed E-state index contributed by atoms with van der Waals surface area (Å²) in [6, 6.07) is 0. The van der Waals surface area contributed by atoms with Crippen molar-refractivity contribution in [2.45, 2.75) is 18.9 Å². The zero-order valence-corrected chi connectivity index (χ0v) is 8.79. The van der Waals surface area contributed by atoms with Crippen LogP contribution in [0.3, 0.4) is 0 Å². The van der Waals surface area contributed by atoms with Crippen molar-refractivity contribution in [2.24, 2.45) is 7.05 Å². The third-order valence-electron chi connectivity index (χ3n) is 1.88. The Labute approximate surface area is 82.4 Å². The molecule has 0 saturated heterocycles. The third-order valence-corrected chi connectivity index (χ3v) is 2.52. The highest BCUT2D eigenvalue weighted by Crippen LogP contribution is 2.05. The molecule has 1 aromatic heterocycles. The van der Waals surface area contributed by atoms with Gasteiger partial charge in [0.2, 0.25) is 0 Å². The van der Waals surface area contributed by atoms with Crippen LogP contribution in [0.1, 0.15) is 12.2 Å². The van der Waals surface area contributed by atoms with Crippen LogP contribution in [0, 0.1) is 0 Å². The summed E-state index contributed by atoms with van der Waals surface area (Å²) in [5.41, 5.74) is 0. The predicted molar refractivity (Wildman–Crippen MR) is 53.7 cm³/mol. The van der Waals surface area contributed by atoms with Gasteiger partial charge in [-0.2, -0.15) is 16.9 Å². The van der Waals surface area contributed by atoms with Gasteiger partial charge < -0.3 is 5.11 Å². The van der Waals surface area contributed by atoms with Crippen LogP contribution in [-0.2, 0) is 13.5 Å². The third kappa shape index (κ3) is 3.36. The average Bonchev–Trinajstić information content (AvgIpc) is 2.48. The number of aromatic nitrogens is 3. The van der Waals surface area contributed by atoms with Gasteiger partial charge in [-0.05, 0) is 18.4 Å². The van der Waals surface area contributed by atoms with Gasteiger partial charge in [0.25, 0.3) is 0 Å². The Balaban J connectivity index is 2.36. The van der Waals surface area contributed by atoms with E-state index in [2.05, 4.69) is 10.1 Å². The molecular weight excluding hydrogens is 186 g/mol. The number of nitrogens with zero attached hydrogens (tertiary/aromatic N) is 3. The van der Waals surface area contributed by atoms with Crippen LogP contribution in [-0.4, -0.2) is 38.0 Å². The van der Waals surface area contributed by atoms with E-state index in [9.17, 15) is 5.11 Å². The highest BCUT2D eigenvalue weighted by molar-refractivity contribution is 7.98. The van der Waals surface area contributed by atoms with Crippen molar-refractivity contribution in [3.8, 4) is 0 Å². The van der Waals surface area contributed by atoms with Crippen LogP contribution in [0.25, 0.3) is 0 Å². The lowest BCUT2D eigenvalue weighted by Crippen LogP contribution is -2.14. The first-order valence-corrected chi connectivity index (χ1v) is 5.63. The van der Waals surface area contributed by atoms with E-state index < -0.39 is 0 Å². The van der Waals surface area contributed by atoms with Gasteiger partial charge in [0.05, 0.1) is 6.10 Å². The minimum Gasteiger partial charge on any atom is -0.393 e. The summed E-state index contributed by atoms with van der Waals surface area (Å²) in [6.45, 7) is 0. The van der Waals surface area contributed by atoms with Gasteiger partial charge in [0.1, 0.15) is 12.2 Å². The Hall–Kier alpha value is -0.550. The lowest BCUT2D eigenvalue weighted by molar-refractivity contribution is 0.168. The molecule has 0 fully saturated rings. The Morgan fingerprint density at radius 1 is 1.69 bits per heavy atom. The fourth-order valence-corrected chi connectivity index (χ4v) is 1.58. The van der Waals surface area contributed by atoms with Crippen LogP contribution >= 0.6 is 11.8 Å². The van der Waals surface area contributed by atoms with E-state index in [1.54, 1.807) is 16.4 Å². The van der Waals surface area contributed by atoms with E-state index >= 15 is 0 Å². The van der Waals surface area contributed by atoms with E-state index in [4.69, 9.17) is 0 Å². The van der Waals surface area contributed by atoms with Gasteiger partial charge in [-0.15, -0.1) is 0 Å². The highest BCUT2D eigenvalue weighted by Gasteiger charge is 2.08. The molecule has 0 radical (unpaired) electrons. The number of aliphatic hydroxyl groups excluding tert-OH is 1. The lowest BCUT2D eigenvalue weighted by atomic mass is 10.2. The summed E-state index contributed by atoms with van der Waals surface area (Å²) in [5, 5.41) is 13.5. The van der Waals surface area contributed by atoms with Crippen molar-refractivity contribution in [1.29, 1.82) is 0 Å². The van der Waals surface area contributed by atoms with Gasteiger partial charge in [0.15, 0.2) is 0 Å². The van der Waals surface area contributed by atoms with Gasteiger partial charge in [-0.3, -0.25) is 4.68 Å². The number of hydrogen-bond donors (Lipinski definition) is 1. The van der Waals surface area contributed by atoms with Crippen LogP contribution in [0.2, 0.25) is 0 Å². The Kier molecular flexibility index (Phi) is 4.24. The van der Waals surface area contributed by atoms with Crippen LogP contribution in [0.4, 0.5) is 0 Å². The molecular formula is C8H15N3OS. The van der Waals surface area contributed by atoms with Crippen molar-refractivity contribution in [2.75, 3.05) is 12.0 Å². The van der Waals surface area contributed by atoms with Gasteiger partial charge in [0, 0.05) is 13.5 Å². The standard InChI is InChI=1S/C8H15N3OS/c1-11-8(9-6-10-11)5-7(12)3-4-13-2/h6-7,12H,3-5H2,1-2H3. The number of thioether (sulfide) groups is 1. The van der Waals surface area contributed by atoms with Crippen molar-refractivity contribution in [3.63, 3.8) is 0 Å². The largest absolute Gasteiger partial charge is 0.393 e. The van der Waals surface area contributed by atoms with E-state index in [1.165, 1.54) is 6.33 Å². The van der Waals surface area contributed by atoms with E-state index in [-0.39, 0.29) is 6.10 Å². The maximum Gasteiger partial charge on any atom is 0.138 e. The minimum absolute atomic E-state index is 0.296. The van der Waals surface area contributed by atoms with Crippen LogP contribution in [0.5, 0.6) is 0 Å². The Morgan fingerprint density at radius 2 is 2.46 bits per heavy atom. The van der Waals surface area contributed by atoms with Gasteiger partial charge >= 0.3 is 0 Å². The molecule has 0 amide bonds. The zero-order valence-electron chi connectivity index (χ0n) is 7.97. The maximum absolute atomic E-state index is 9.58. The molecule has 1 atom stereocenters. The summed E-state index contributed by atoms with van der Waals surface area (Å²) < 4.78 is 1.70. The minimum atomic E-state index is -0.296. The quantitative estimate of drug-likeness (QED) is 0.752. The van der Waals surface area contributed by atoms with Crippen molar-refractivity contribution >= 4 is 11.8 Å². The van der Waals surface area contributed by atoms with Gasteiger partial charge in [-0.1, -0.05) is 0 Å². The molecule has 0 saturated carbocycles. The molecule has 1 N–H and O–H groups in total. The van der Waals surface area contributed by atoms with Crippen molar-refractivity contribution < 1.29 is 5.11 Å². The molecule has 0 spiro atoms. The first-order chi connectivity index (χ1) is 6.24. The fourth-order valence-electron chi connectivity index (χ4n) is 1.07. The topological polar surface area (TPSA) is 50.9 Å². The van der Waals surface area contributed by atoms with Crippen LogP contribution in [0.15, 0.2) is 6.33 Å². The Bertz CT molecular complexity index is 251. The first-order valence-electron chi connectivity index (χ1n) is 4.24. The number of aliphatic hydroxyl groups is 1. The van der Waals surface area contributed by atoms with Crippen molar-refractivity contribution in [1.82, 2.24) is 14.8 Å². The molecule has 1 heterocycles. The molecule has 74 valence electrons. The molecule has 4 nitrogen and oxygen atoms in total. The molecule has 1 aromatic rings. The van der Waals surface area contributed by atoms with Crippen LogP contribution < -0.4 is 0 Å². The molecule has 1 unspecified atom stereocenters. The van der Waals surface area contributed by atoms with Crippen molar-refractivity contribution in [3.05, 3.63) is 12.2 Å². The summed E-state index contributed by atoms with van der Waals surface area (Å²) in [7, 11) is 1.84. The number of aryl methyl sites for hydroxylation is 1. The van der Waals surface area contributed by atoms with Gasteiger partial charge in [-0.25, -0.2) is 4.98 Å². The lowest BCUT2D eigenvalue weighted by Gasteiger charge is -2.08. The molecule has 0 aliphatic heterocycles. The summed E-state index contributed by atoms with van der Waals surface area (Å²) in [6.07, 6.45) is 4.66. The second-order valence-corrected chi connectivity index (χ2v) is 3.92. The second kappa shape index (κ2) is 5.24. The Morgan fingerprint density at radius 3 is 3.00 bits per heavy atom. The first kappa shape index (κ1) is 10.5. The predicted octanol–water partition coefficient (Wildman–Crippen LogP) is 0.472. The fraction of sp³-hybridized carbons (Fsp3) is 0.750. The molecule has 5 heteroatoms. The average molecular weight is 201 g/mol. The normalized spacial score (nSPS) is 13.2. The monoisotopic (exact) mass is 201 g/mol. The smallest absolute Gasteiger partial charge is 0.138 e. The summed E-state index contributed by atoms with van der Waals surface area (Å²) >= 11 is 1.74. The molecule has 1 rings (SSSR count). The molecule has 0 aliphatic carbocycles. The van der Waals surface area contributed by atoms with E-state index in [0.29, 0.717) is 6.42 Å². The highest BCUT2D eigenvalue weighted by atomic mass is 32.2. The zero-order chi connectivity index (χ0) is 9.68. The molecule has 0 bridgehead atoms. The second-order valence-electron chi connectivity index (χ2n) is 2.94. The number of hydrogen-bond acceptors (Lipinski definition) is 4. The molecule has 0 aliphatic rings. The van der Waals surface area contributed by atoms with E-state index in [1.807, 2.05) is 13.3 Å². The number of rotatable bonds is 5. The van der Waals surface area contributed by atoms with E-state index in [0.717, 1.165) is 18.0 Å². The summed E-state index contributed by atoms with van der Waals surface area (Å²) in [4.78, 5) is 4.05. The SMILES string of the molecule is CSCCC(O)Cc1ncnn1C. The molecule has 13 heavy (non-hydrogen) atoms. The summed E-state index contributed by atoms with van der Waals surface area (Å²) in [5.74, 6) is 1.83.